The molecule has 2 N–H and O–H groups in total. The van der Waals surface area contributed by atoms with Gasteiger partial charge in [0.25, 0.3) is 5.91 Å². The van der Waals surface area contributed by atoms with Gasteiger partial charge < -0.3 is 15.2 Å². The van der Waals surface area contributed by atoms with Crippen LogP contribution in [0.5, 0.6) is 0 Å². The van der Waals surface area contributed by atoms with Gasteiger partial charge in [0.05, 0.1) is 0 Å². The predicted molar refractivity (Wildman–Crippen MR) is 124 cm³/mol. The Morgan fingerprint density at radius 3 is 2.66 bits per heavy atom. The van der Waals surface area contributed by atoms with Gasteiger partial charge in [-0.15, -0.1) is 11.8 Å². The van der Waals surface area contributed by atoms with Crippen molar-refractivity contribution in [3.63, 3.8) is 0 Å². The number of aromatic nitrogens is 1. The van der Waals surface area contributed by atoms with Gasteiger partial charge in [0.2, 0.25) is 5.91 Å². The van der Waals surface area contributed by atoms with E-state index in [-0.39, 0.29) is 30.2 Å². The number of halogens is 1. The number of hydrogen-bond donors (Lipinski definition) is 2. The van der Waals surface area contributed by atoms with E-state index in [1.165, 1.54) is 12.1 Å². The Hall–Kier alpha value is -2.80. The van der Waals surface area contributed by atoms with Crippen molar-refractivity contribution in [2.75, 3.05) is 5.75 Å². The molecule has 166 valence electrons. The summed E-state index contributed by atoms with van der Waals surface area (Å²) in [7, 11) is 0. The molecule has 1 atom stereocenters. The summed E-state index contributed by atoms with van der Waals surface area (Å²) in [6.45, 7) is 2.07. The summed E-state index contributed by atoms with van der Waals surface area (Å²) < 4.78 is 13.5. The molecule has 7 heteroatoms. The van der Waals surface area contributed by atoms with Crippen LogP contribution in [0.15, 0.2) is 53.4 Å². The Bertz CT molecular complexity index is 1170. The van der Waals surface area contributed by atoms with Crippen LogP contribution in [0.4, 0.5) is 4.39 Å². The van der Waals surface area contributed by atoms with E-state index in [1.807, 2.05) is 31.2 Å². The Kier molecular flexibility index (Phi) is 5.45. The molecule has 2 heterocycles. The third-order valence-corrected chi connectivity index (χ3v) is 8.06. The van der Waals surface area contributed by atoms with Crippen molar-refractivity contribution in [3.8, 4) is 0 Å². The average Bonchev–Trinajstić information content (AvgIpc) is 3.42. The van der Waals surface area contributed by atoms with E-state index in [4.69, 9.17) is 0 Å². The van der Waals surface area contributed by atoms with Crippen LogP contribution in [0, 0.1) is 5.82 Å². The van der Waals surface area contributed by atoms with Gasteiger partial charge in [0.15, 0.2) is 0 Å². The highest BCUT2D eigenvalue weighted by molar-refractivity contribution is 7.99. The van der Waals surface area contributed by atoms with Crippen LogP contribution in [-0.2, 0) is 11.3 Å². The minimum absolute atomic E-state index is 0.123. The number of hydrogen-bond acceptors (Lipinski definition) is 3. The molecule has 0 saturated heterocycles. The molecule has 1 aliphatic carbocycles. The van der Waals surface area contributed by atoms with E-state index in [2.05, 4.69) is 10.3 Å². The molecular formula is C25H26FN3O2S. The van der Waals surface area contributed by atoms with Gasteiger partial charge in [-0.1, -0.05) is 43.2 Å². The van der Waals surface area contributed by atoms with Crippen LogP contribution in [0.25, 0.3) is 10.9 Å². The fraction of sp³-hybridized carbons (Fsp3) is 0.360. The number of rotatable bonds is 4. The van der Waals surface area contributed by atoms with Gasteiger partial charge in [-0.25, -0.2) is 4.39 Å². The summed E-state index contributed by atoms with van der Waals surface area (Å²) in [4.78, 5) is 33.2. The fourth-order valence-corrected chi connectivity index (χ4v) is 6.01. The molecule has 0 spiro atoms. The van der Waals surface area contributed by atoms with E-state index in [0.29, 0.717) is 11.4 Å². The number of carbonyl (C=O) groups excluding carboxylic acids is 2. The highest BCUT2D eigenvalue weighted by atomic mass is 32.2. The van der Waals surface area contributed by atoms with E-state index in [0.717, 1.165) is 47.0 Å². The molecule has 1 aromatic heterocycles. The van der Waals surface area contributed by atoms with Gasteiger partial charge in [0, 0.05) is 34.1 Å². The van der Waals surface area contributed by atoms with E-state index < -0.39 is 5.54 Å². The summed E-state index contributed by atoms with van der Waals surface area (Å²) in [5, 5.41) is 4.19. The first-order valence-electron chi connectivity index (χ1n) is 11.1. The van der Waals surface area contributed by atoms with Crippen molar-refractivity contribution in [1.29, 1.82) is 0 Å². The van der Waals surface area contributed by atoms with Crippen LogP contribution in [-0.4, -0.2) is 39.0 Å². The zero-order chi connectivity index (χ0) is 22.3. The van der Waals surface area contributed by atoms with Crippen molar-refractivity contribution in [1.82, 2.24) is 15.2 Å². The van der Waals surface area contributed by atoms with Crippen molar-refractivity contribution in [2.45, 2.75) is 55.6 Å². The van der Waals surface area contributed by atoms with Crippen molar-refractivity contribution in [3.05, 3.63) is 65.6 Å². The highest BCUT2D eigenvalue weighted by Crippen LogP contribution is 2.40. The summed E-state index contributed by atoms with van der Waals surface area (Å²) in [6, 6.07) is 14.1. The number of carbonyl (C=O) groups is 2. The van der Waals surface area contributed by atoms with Gasteiger partial charge in [-0.2, -0.15) is 0 Å². The van der Waals surface area contributed by atoms with E-state index in [9.17, 15) is 14.0 Å². The quantitative estimate of drug-likeness (QED) is 0.595. The monoisotopic (exact) mass is 451 g/mol. The number of fused-ring (bicyclic) bond motifs is 3. The maximum absolute atomic E-state index is 13.9. The molecule has 1 fully saturated rings. The van der Waals surface area contributed by atoms with Crippen LogP contribution < -0.4 is 5.32 Å². The second-order valence-corrected chi connectivity index (χ2v) is 9.90. The number of amides is 2. The number of para-hydroxylation sites is 1. The molecule has 2 aromatic carbocycles. The second kappa shape index (κ2) is 8.28. The smallest absolute Gasteiger partial charge is 0.272 e. The Labute approximate surface area is 190 Å². The third kappa shape index (κ3) is 3.68. The van der Waals surface area contributed by atoms with E-state index >= 15 is 0 Å². The largest absolute Gasteiger partial charge is 0.351 e. The zero-order valence-corrected chi connectivity index (χ0v) is 18.8. The zero-order valence-electron chi connectivity index (χ0n) is 18.0. The first-order chi connectivity index (χ1) is 15.5. The number of nitrogens with zero attached hydrogens (tertiary/aromatic N) is 1. The summed E-state index contributed by atoms with van der Waals surface area (Å²) in [5.74, 6) is -0.226. The maximum atomic E-state index is 13.9. The number of nitrogens with one attached hydrogen (secondary N) is 2. The molecular weight excluding hydrogens is 425 g/mol. The lowest BCUT2D eigenvalue weighted by Gasteiger charge is -2.39. The molecule has 2 aliphatic rings. The van der Waals surface area contributed by atoms with Crippen molar-refractivity contribution in [2.24, 2.45) is 0 Å². The molecule has 1 aliphatic heterocycles. The van der Waals surface area contributed by atoms with Gasteiger partial charge in [-0.3, -0.25) is 9.59 Å². The number of benzene rings is 2. The number of thioether (sulfide) groups is 1. The highest BCUT2D eigenvalue weighted by Gasteiger charge is 2.46. The Morgan fingerprint density at radius 2 is 1.91 bits per heavy atom. The summed E-state index contributed by atoms with van der Waals surface area (Å²) in [6.07, 6.45) is 4.19. The normalized spacial score (nSPS) is 21.6. The molecule has 3 aromatic rings. The molecule has 5 nitrogen and oxygen atoms in total. The van der Waals surface area contributed by atoms with Gasteiger partial charge >= 0.3 is 0 Å². The molecule has 0 bridgehead atoms. The Balaban J connectivity index is 1.55. The minimum Gasteiger partial charge on any atom is -0.351 e. The fourth-order valence-electron chi connectivity index (χ4n) is 4.68. The lowest BCUT2D eigenvalue weighted by molar-refractivity contribution is -0.131. The SMILES string of the molecule is C[C@]1(C(=O)NC2CCCC2)CSc2c([nH]c3ccccc23)C(=O)N1Cc1ccc(F)cc1. The van der Waals surface area contributed by atoms with Gasteiger partial charge in [-0.05, 0) is 43.5 Å². The molecule has 0 unspecified atom stereocenters. The Morgan fingerprint density at radius 1 is 1.19 bits per heavy atom. The van der Waals surface area contributed by atoms with Crippen LogP contribution in [0.2, 0.25) is 0 Å². The summed E-state index contributed by atoms with van der Waals surface area (Å²) >= 11 is 1.54. The van der Waals surface area contributed by atoms with Crippen molar-refractivity contribution >= 4 is 34.5 Å². The van der Waals surface area contributed by atoms with Crippen LogP contribution in [0.1, 0.15) is 48.7 Å². The van der Waals surface area contributed by atoms with Crippen molar-refractivity contribution < 1.29 is 14.0 Å². The molecule has 1 saturated carbocycles. The van der Waals surface area contributed by atoms with Crippen LogP contribution >= 0.6 is 11.8 Å². The second-order valence-electron chi connectivity index (χ2n) is 8.91. The average molecular weight is 452 g/mol. The number of aromatic amines is 1. The first-order valence-corrected chi connectivity index (χ1v) is 12.1. The van der Waals surface area contributed by atoms with Gasteiger partial charge in [0.1, 0.15) is 17.1 Å². The summed E-state index contributed by atoms with van der Waals surface area (Å²) in [5.41, 5.74) is 1.15. The molecule has 0 radical (unpaired) electrons. The topological polar surface area (TPSA) is 65.2 Å². The maximum Gasteiger partial charge on any atom is 0.272 e. The standard InChI is InChI=1S/C25H26FN3O2S/c1-25(24(31)27-18-6-2-3-7-18)15-32-22-19-8-4-5-9-20(19)28-21(22)23(30)29(25)14-16-10-12-17(26)13-11-16/h4-5,8-13,18,28H,2-3,6-7,14-15H2,1H3,(H,27,31)/t25-/m1/s1. The lowest BCUT2D eigenvalue weighted by Crippen LogP contribution is -2.60. The molecule has 5 rings (SSSR count). The molecule has 2 amide bonds. The van der Waals surface area contributed by atoms with E-state index in [1.54, 1.807) is 28.8 Å². The third-order valence-electron chi connectivity index (χ3n) is 6.64. The predicted octanol–water partition coefficient (Wildman–Crippen LogP) is 4.87. The minimum atomic E-state index is -1.04. The molecule has 32 heavy (non-hydrogen) atoms. The first kappa shape index (κ1) is 21.1. The van der Waals surface area contributed by atoms with Crippen LogP contribution in [0.3, 0.4) is 0 Å². The number of H-pyrrole nitrogens is 1. The lowest BCUT2D eigenvalue weighted by atomic mass is 9.98.